The standard InChI is InChI=1S/C14H30N2Si.C10H21ClN2Si.C3H9N/c1-12(2)11-17-15(13(3,4)5)9-10-16(17)14(6,7)8;1-9(2,3)12-7-8-13(14(12)11)10(4,5)6;1-3(2)4/h9-10,12,17H,11H2,1-8H3;7-8,14H,1-6H3;3H,4H2,1-2H3. The van der Waals surface area contributed by atoms with Gasteiger partial charge in [0.2, 0.25) is 9.12 Å². The molecular weight excluding hydrogens is 486 g/mol. The van der Waals surface area contributed by atoms with Crippen LogP contribution in [0.2, 0.25) is 6.04 Å². The third-order valence-electron chi connectivity index (χ3n) is 5.66. The summed E-state index contributed by atoms with van der Waals surface area (Å²) in [6.45, 7) is 35.7. The van der Waals surface area contributed by atoms with E-state index < -0.39 is 17.5 Å². The molecule has 2 rings (SSSR count). The maximum atomic E-state index is 6.54. The van der Waals surface area contributed by atoms with Crippen LogP contribution in [0.15, 0.2) is 24.8 Å². The first-order valence-electron chi connectivity index (χ1n) is 13.3. The minimum atomic E-state index is -1.50. The molecule has 2 aliphatic heterocycles. The van der Waals surface area contributed by atoms with Crippen molar-refractivity contribution in [3.05, 3.63) is 24.8 Å². The molecule has 0 bridgehead atoms. The fraction of sp³-hybridized carbons (Fsp3) is 0.852. The van der Waals surface area contributed by atoms with Gasteiger partial charge in [0.25, 0.3) is 0 Å². The average molecular weight is 546 g/mol. The Kier molecular flexibility index (Phi) is 12.5. The van der Waals surface area contributed by atoms with Crippen LogP contribution in [-0.2, 0) is 0 Å². The molecule has 0 aromatic carbocycles. The van der Waals surface area contributed by atoms with E-state index in [1.165, 1.54) is 6.04 Å². The van der Waals surface area contributed by atoms with Gasteiger partial charge >= 0.3 is 8.43 Å². The molecule has 0 atom stereocenters. The van der Waals surface area contributed by atoms with Crippen LogP contribution in [-0.4, -0.2) is 64.0 Å². The Bertz CT molecular complexity index is 631. The first-order chi connectivity index (χ1) is 15.4. The van der Waals surface area contributed by atoms with Gasteiger partial charge in [0.15, 0.2) is 0 Å². The number of nitrogens with two attached hydrogens (primary N) is 1. The summed E-state index contributed by atoms with van der Waals surface area (Å²) in [5.41, 5.74) is 5.88. The Morgan fingerprint density at radius 1 is 0.600 bits per heavy atom. The van der Waals surface area contributed by atoms with E-state index in [4.69, 9.17) is 16.8 Å². The second-order valence-corrected chi connectivity index (χ2v) is 20.0. The zero-order valence-electron chi connectivity index (χ0n) is 26.1. The number of nitrogens with zero attached hydrogens (tertiary/aromatic N) is 4. The third-order valence-corrected chi connectivity index (χ3v) is 14.3. The number of halogens is 1. The number of hydrogen-bond donors (Lipinski definition) is 1. The summed E-state index contributed by atoms with van der Waals surface area (Å²) >= 11 is 6.54. The molecule has 2 N–H and O–H groups in total. The first-order valence-corrected chi connectivity index (χ1v) is 17.9. The Morgan fingerprint density at radius 3 is 1.00 bits per heavy atom. The van der Waals surface area contributed by atoms with Crippen LogP contribution in [0.25, 0.3) is 0 Å². The van der Waals surface area contributed by atoms with Gasteiger partial charge < -0.3 is 24.0 Å². The molecule has 0 aliphatic carbocycles. The van der Waals surface area contributed by atoms with Gasteiger partial charge in [-0.05, 0) is 101 Å². The number of hydrogen-bond acceptors (Lipinski definition) is 5. The monoisotopic (exact) mass is 545 g/mol. The van der Waals surface area contributed by atoms with Crippen LogP contribution >= 0.6 is 11.1 Å². The van der Waals surface area contributed by atoms with Gasteiger partial charge in [-0.25, -0.2) is 0 Å². The van der Waals surface area contributed by atoms with Crippen molar-refractivity contribution in [3.8, 4) is 0 Å². The van der Waals surface area contributed by atoms with E-state index in [0.717, 1.165) is 5.92 Å². The normalized spacial score (nSPS) is 17.9. The van der Waals surface area contributed by atoms with Gasteiger partial charge in [-0.3, -0.25) is 0 Å². The summed E-state index contributed by atoms with van der Waals surface area (Å²) in [4.78, 5) is 0. The van der Waals surface area contributed by atoms with E-state index in [0.29, 0.717) is 6.04 Å². The minimum absolute atomic E-state index is 0.134. The lowest BCUT2D eigenvalue weighted by atomic mass is 10.1. The predicted octanol–water partition coefficient (Wildman–Crippen LogP) is 6.53. The molecule has 0 saturated heterocycles. The van der Waals surface area contributed by atoms with Crippen molar-refractivity contribution in [2.24, 2.45) is 11.7 Å². The van der Waals surface area contributed by atoms with Gasteiger partial charge in [-0.2, -0.15) is 0 Å². The molecule has 0 saturated carbocycles. The van der Waals surface area contributed by atoms with Gasteiger partial charge in [0.1, 0.15) is 0 Å². The molecule has 0 fully saturated rings. The van der Waals surface area contributed by atoms with E-state index in [9.17, 15) is 0 Å². The van der Waals surface area contributed by atoms with Crippen LogP contribution in [0.4, 0.5) is 0 Å². The highest BCUT2D eigenvalue weighted by molar-refractivity contribution is 7.04. The molecule has 2 aliphatic rings. The van der Waals surface area contributed by atoms with Crippen molar-refractivity contribution in [3.63, 3.8) is 0 Å². The van der Waals surface area contributed by atoms with Gasteiger partial charge in [-0.1, -0.05) is 27.7 Å². The smallest absolute Gasteiger partial charge is 0.349 e. The lowest BCUT2D eigenvalue weighted by Gasteiger charge is -2.45. The maximum Gasteiger partial charge on any atom is 0.349 e. The number of rotatable bonds is 2. The van der Waals surface area contributed by atoms with Crippen molar-refractivity contribution in [1.82, 2.24) is 18.3 Å². The molecule has 2 heterocycles. The molecule has 0 amide bonds. The topological polar surface area (TPSA) is 39.0 Å². The van der Waals surface area contributed by atoms with Crippen molar-refractivity contribution in [1.29, 1.82) is 0 Å². The molecule has 5 nitrogen and oxygen atoms in total. The molecule has 0 aromatic rings. The fourth-order valence-corrected chi connectivity index (χ4v) is 12.0. The van der Waals surface area contributed by atoms with Crippen molar-refractivity contribution < 1.29 is 0 Å². The zero-order chi connectivity index (χ0) is 28.2. The molecule has 0 radical (unpaired) electrons. The summed E-state index contributed by atoms with van der Waals surface area (Å²) in [6, 6.07) is 1.68. The van der Waals surface area contributed by atoms with Crippen molar-refractivity contribution in [2.75, 3.05) is 0 Å². The van der Waals surface area contributed by atoms with Crippen LogP contribution in [0.3, 0.4) is 0 Å². The SMILES string of the molecule is CC(C)(C)N1C=CN(C(C)(C)C)[SiH]1Cl.CC(C)C[SiH]1N(C(C)(C)C)C=CN1C(C)(C)C.CC(C)N. The Balaban J connectivity index is 0.000000581. The van der Waals surface area contributed by atoms with Crippen LogP contribution in [0.5, 0.6) is 0 Å². The summed E-state index contributed by atoms with van der Waals surface area (Å²) in [5, 5.41) is 0. The van der Waals surface area contributed by atoms with Crippen LogP contribution in [0, 0.1) is 5.92 Å². The highest BCUT2D eigenvalue weighted by atomic mass is 35.6. The van der Waals surface area contributed by atoms with Crippen LogP contribution in [0.1, 0.15) is 111 Å². The van der Waals surface area contributed by atoms with Crippen LogP contribution < -0.4 is 5.73 Å². The van der Waals surface area contributed by atoms with Gasteiger partial charge in [-0.15, -0.1) is 11.1 Å². The van der Waals surface area contributed by atoms with Gasteiger partial charge in [0.05, 0.1) is 0 Å². The molecule has 208 valence electrons. The predicted molar refractivity (Wildman–Crippen MR) is 164 cm³/mol. The van der Waals surface area contributed by atoms with Crippen molar-refractivity contribution >= 4 is 28.6 Å². The molecule has 0 spiro atoms. The Morgan fingerprint density at radius 2 is 0.829 bits per heavy atom. The molecule has 0 unspecified atom stereocenters. The summed E-state index contributed by atoms with van der Waals surface area (Å²) in [5.74, 6) is 0.779. The summed E-state index contributed by atoms with van der Waals surface area (Å²) in [6.07, 6.45) is 8.92. The largest absolute Gasteiger partial charge is 0.383 e. The van der Waals surface area contributed by atoms with Gasteiger partial charge in [0, 0.05) is 47.0 Å². The second kappa shape index (κ2) is 12.7. The minimum Gasteiger partial charge on any atom is -0.383 e. The molecule has 35 heavy (non-hydrogen) atoms. The third kappa shape index (κ3) is 11.5. The lowest BCUT2D eigenvalue weighted by molar-refractivity contribution is 0.276. The molecule has 8 heteroatoms. The second-order valence-electron chi connectivity index (χ2n) is 14.6. The van der Waals surface area contributed by atoms with E-state index in [1.54, 1.807) is 0 Å². The molecule has 0 aromatic heterocycles. The summed E-state index contributed by atoms with van der Waals surface area (Å²) in [7, 11) is -2.56. The lowest BCUT2D eigenvalue weighted by Crippen LogP contribution is -2.56. The average Bonchev–Trinajstić information content (AvgIpc) is 3.16. The maximum absolute atomic E-state index is 6.54. The van der Waals surface area contributed by atoms with E-state index >= 15 is 0 Å². The highest BCUT2D eigenvalue weighted by Crippen LogP contribution is 2.32. The molecular formula is C27H60ClN5Si2. The van der Waals surface area contributed by atoms with Crippen molar-refractivity contribution in [2.45, 2.75) is 145 Å². The Labute approximate surface area is 228 Å². The summed E-state index contributed by atoms with van der Waals surface area (Å²) < 4.78 is 9.89. The van der Waals surface area contributed by atoms with E-state index in [-0.39, 0.29) is 22.2 Å². The quantitative estimate of drug-likeness (QED) is 0.315. The van der Waals surface area contributed by atoms with E-state index in [2.05, 4.69) is 140 Å². The van der Waals surface area contributed by atoms with E-state index in [1.807, 2.05) is 13.8 Å². The zero-order valence-corrected chi connectivity index (χ0v) is 29.1. The highest BCUT2D eigenvalue weighted by Gasteiger charge is 2.40. The fourth-order valence-electron chi connectivity index (χ4n) is 3.97. The first kappa shape index (κ1) is 34.4. The Hall–Kier alpha value is -0.636.